The quantitative estimate of drug-likeness (QED) is 0.124. The minimum atomic E-state index is -0.426. The Kier molecular flexibility index (Phi) is 9.88. The van der Waals surface area contributed by atoms with E-state index in [4.69, 9.17) is 11.1 Å². The van der Waals surface area contributed by atoms with Crippen molar-refractivity contribution in [3.8, 4) is 11.5 Å². The Balaban J connectivity index is 1.63. The van der Waals surface area contributed by atoms with Crippen LogP contribution >= 0.6 is 21.6 Å². The van der Waals surface area contributed by atoms with Gasteiger partial charge in [0.05, 0.1) is 11.1 Å². The van der Waals surface area contributed by atoms with Gasteiger partial charge in [-0.25, -0.2) is 0 Å². The van der Waals surface area contributed by atoms with Crippen molar-refractivity contribution in [1.82, 2.24) is 20.5 Å². The third-order valence-electron chi connectivity index (χ3n) is 3.81. The molecule has 2 aromatic rings. The summed E-state index contributed by atoms with van der Waals surface area (Å²) >= 11 is 0. The minimum Gasteiger partial charge on any atom is -0.507 e. The molecule has 14 heteroatoms. The fourth-order valence-corrected chi connectivity index (χ4v) is 4.20. The number of aromatic hydroxyl groups is 2. The fourth-order valence-electron chi connectivity index (χ4n) is 2.38. The van der Waals surface area contributed by atoms with Crippen molar-refractivity contribution in [2.75, 3.05) is 24.6 Å². The number of hydrogen-bond acceptors (Lipinski definition) is 10. The SMILES string of the molecule is N=[N+]=Nc1ccc(C(=O)NCCSSCCNC(=O)c2ccc(N=[N+]=N)cc2O)c(O)c1. The van der Waals surface area contributed by atoms with Gasteiger partial charge in [0.2, 0.25) is 9.82 Å². The summed E-state index contributed by atoms with van der Waals surface area (Å²) in [7, 11) is 3.02. The van der Waals surface area contributed by atoms with Crippen molar-refractivity contribution in [1.29, 1.82) is 11.1 Å². The third-order valence-corrected chi connectivity index (χ3v) is 6.22. The lowest BCUT2D eigenvalue weighted by Gasteiger charge is -2.08. The van der Waals surface area contributed by atoms with Gasteiger partial charge >= 0.3 is 0 Å². The van der Waals surface area contributed by atoms with Gasteiger partial charge in [-0.05, 0) is 24.3 Å². The maximum Gasteiger partial charge on any atom is 0.255 e. The van der Waals surface area contributed by atoms with Crippen molar-refractivity contribution >= 4 is 44.8 Å². The molecule has 32 heavy (non-hydrogen) atoms. The zero-order valence-electron chi connectivity index (χ0n) is 16.6. The van der Waals surface area contributed by atoms with Gasteiger partial charge in [-0.3, -0.25) is 9.59 Å². The number of hydrogen-bond donors (Lipinski definition) is 6. The van der Waals surface area contributed by atoms with Gasteiger partial charge in [-0.1, -0.05) is 21.6 Å². The molecule has 2 aromatic carbocycles. The van der Waals surface area contributed by atoms with E-state index >= 15 is 0 Å². The first kappa shape index (κ1) is 24.6. The number of amides is 2. The molecule has 0 spiro atoms. The highest BCUT2D eigenvalue weighted by atomic mass is 33.1. The molecule has 0 bridgehead atoms. The summed E-state index contributed by atoms with van der Waals surface area (Å²) in [6.45, 7) is 0.763. The summed E-state index contributed by atoms with van der Waals surface area (Å²) in [5, 5.41) is 32.1. The number of benzene rings is 2. The molecule has 166 valence electrons. The molecule has 0 unspecified atom stereocenters. The number of nitrogens with one attached hydrogen (secondary N) is 4. The normalized spacial score (nSPS) is 9.88. The van der Waals surface area contributed by atoms with Crippen LogP contribution in [0.5, 0.6) is 11.5 Å². The lowest BCUT2D eigenvalue weighted by Crippen LogP contribution is -2.26. The van der Waals surface area contributed by atoms with Gasteiger partial charge in [0.25, 0.3) is 11.8 Å². The molecule has 0 saturated carbocycles. The Morgan fingerprint density at radius 2 is 1.22 bits per heavy atom. The van der Waals surface area contributed by atoms with Crippen LogP contribution in [0.2, 0.25) is 0 Å². The average molecular weight is 477 g/mol. The topological polar surface area (TPSA) is 199 Å². The first-order valence-corrected chi connectivity index (χ1v) is 11.6. The molecule has 0 aliphatic rings. The maximum atomic E-state index is 12.1. The molecule has 12 nitrogen and oxygen atoms in total. The van der Waals surface area contributed by atoms with E-state index in [9.17, 15) is 19.8 Å². The number of phenols is 2. The van der Waals surface area contributed by atoms with E-state index in [0.717, 1.165) is 0 Å². The highest BCUT2D eigenvalue weighted by Crippen LogP contribution is 2.25. The van der Waals surface area contributed by atoms with E-state index in [-0.39, 0.29) is 34.0 Å². The second kappa shape index (κ2) is 12.9. The summed E-state index contributed by atoms with van der Waals surface area (Å²) in [5.74, 6) is -0.112. The predicted octanol–water partition coefficient (Wildman–Crippen LogP) is 3.00. The van der Waals surface area contributed by atoms with Crippen LogP contribution in [0.25, 0.3) is 0 Å². The molecule has 0 aromatic heterocycles. The lowest BCUT2D eigenvalue weighted by molar-refractivity contribution is 0.0945. The number of carbonyl (C=O) groups excluding carboxylic acids is 2. The molecule has 0 atom stereocenters. The third kappa shape index (κ3) is 7.52. The zero-order valence-corrected chi connectivity index (χ0v) is 18.2. The summed E-state index contributed by atoms with van der Waals surface area (Å²) < 4.78 is 0. The summed E-state index contributed by atoms with van der Waals surface area (Å²) in [5.41, 5.74) is 14.1. The van der Waals surface area contributed by atoms with Gasteiger partial charge in [0.1, 0.15) is 22.6 Å². The second-order valence-corrected chi connectivity index (χ2v) is 8.66. The molecule has 0 saturated heterocycles. The van der Waals surface area contributed by atoms with Gasteiger partial charge in [0.15, 0.2) is 21.6 Å². The number of rotatable bonds is 11. The highest BCUT2D eigenvalue weighted by Gasteiger charge is 2.13. The Hall–Kier alpha value is -3.70. The highest BCUT2D eigenvalue weighted by molar-refractivity contribution is 8.76. The first-order valence-electron chi connectivity index (χ1n) is 9.08. The summed E-state index contributed by atoms with van der Waals surface area (Å²) in [6, 6.07) is 8.27. The summed E-state index contributed by atoms with van der Waals surface area (Å²) in [6.07, 6.45) is 0. The maximum absolute atomic E-state index is 12.1. The van der Waals surface area contributed by atoms with Crippen LogP contribution in [-0.4, -0.2) is 46.6 Å². The molecule has 0 radical (unpaired) electrons. The van der Waals surface area contributed by atoms with Crippen LogP contribution in [0.15, 0.2) is 46.6 Å². The van der Waals surface area contributed by atoms with Crippen LogP contribution in [-0.2, 0) is 0 Å². The van der Waals surface area contributed by atoms with Crippen molar-refractivity contribution in [2.24, 2.45) is 10.2 Å². The van der Waals surface area contributed by atoms with E-state index < -0.39 is 11.8 Å². The van der Waals surface area contributed by atoms with E-state index in [1.807, 2.05) is 0 Å². The Bertz CT molecular complexity index is 999. The van der Waals surface area contributed by atoms with Crippen molar-refractivity contribution in [2.45, 2.75) is 0 Å². The Labute approximate surface area is 190 Å². The van der Waals surface area contributed by atoms with Crippen LogP contribution in [0.4, 0.5) is 11.4 Å². The standard InChI is InChI=1S/C18H18N8O4S2/c19-25-23-11-1-3-13(15(27)9-11)17(29)21-5-7-31-32-8-6-22-18(30)14-4-2-12(24-26-20)10-16(14)28/h1-4,9-10,19-20H,5-8H2,(H2-2,21,22,27,28,29,30)/p+2. The molecule has 0 heterocycles. The van der Waals surface area contributed by atoms with E-state index in [2.05, 4.69) is 30.7 Å². The average Bonchev–Trinajstić information content (AvgIpc) is 2.76. The van der Waals surface area contributed by atoms with Gasteiger partial charge in [0, 0.05) is 36.7 Å². The monoisotopic (exact) mass is 476 g/mol. The van der Waals surface area contributed by atoms with Crippen LogP contribution < -0.4 is 20.5 Å². The Morgan fingerprint density at radius 1 is 0.812 bits per heavy atom. The van der Waals surface area contributed by atoms with Gasteiger partial charge in [-0.2, -0.15) is 0 Å². The molecule has 2 rings (SSSR count). The number of carbonyl (C=O) groups is 2. The van der Waals surface area contributed by atoms with E-state index in [1.165, 1.54) is 58.0 Å². The first-order chi connectivity index (χ1) is 15.5. The minimum absolute atomic E-state index is 0.105. The number of phenolic OH excluding ortho intramolecular Hbond substituents is 2. The van der Waals surface area contributed by atoms with Gasteiger partial charge in [-0.15, -0.1) is 0 Å². The fraction of sp³-hybridized carbons (Fsp3) is 0.222. The summed E-state index contributed by atoms with van der Waals surface area (Å²) in [4.78, 5) is 29.9. The largest absolute Gasteiger partial charge is 0.507 e. The molecule has 2 amide bonds. The number of nitrogens with zero attached hydrogens (tertiary/aromatic N) is 4. The van der Waals surface area contributed by atoms with Gasteiger partial charge < -0.3 is 20.8 Å². The van der Waals surface area contributed by atoms with Crippen LogP contribution in [0.1, 0.15) is 20.7 Å². The lowest BCUT2D eigenvalue weighted by atomic mass is 10.1. The zero-order chi connectivity index (χ0) is 23.3. The van der Waals surface area contributed by atoms with Crippen molar-refractivity contribution in [3.05, 3.63) is 47.5 Å². The molecular weight excluding hydrogens is 456 g/mol. The van der Waals surface area contributed by atoms with E-state index in [1.54, 1.807) is 0 Å². The molecule has 6 N–H and O–H groups in total. The molecule has 0 aliphatic heterocycles. The molecule has 0 fully saturated rings. The van der Waals surface area contributed by atoms with E-state index in [0.29, 0.717) is 24.6 Å². The predicted molar refractivity (Wildman–Crippen MR) is 120 cm³/mol. The van der Waals surface area contributed by atoms with Crippen molar-refractivity contribution < 1.29 is 19.8 Å². The van der Waals surface area contributed by atoms with Crippen LogP contribution in [0, 0.1) is 11.1 Å². The molecular formula is C18H20N8O4S2+2. The van der Waals surface area contributed by atoms with Crippen molar-refractivity contribution in [3.63, 3.8) is 0 Å². The smallest absolute Gasteiger partial charge is 0.255 e. The Morgan fingerprint density at radius 3 is 1.56 bits per heavy atom. The molecule has 0 aliphatic carbocycles. The second-order valence-electron chi connectivity index (χ2n) is 5.96. The van der Waals surface area contributed by atoms with Crippen LogP contribution in [0.3, 0.4) is 0 Å².